The van der Waals surface area contributed by atoms with E-state index in [2.05, 4.69) is 5.32 Å². The summed E-state index contributed by atoms with van der Waals surface area (Å²) in [6, 6.07) is -1.24. The van der Waals surface area contributed by atoms with Gasteiger partial charge < -0.3 is 10.1 Å². The summed E-state index contributed by atoms with van der Waals surface area (Å²) in [4.78, 5) is 24.1. The smallest absolute Gasteiger partial charge is 0.408 e. The van der Waals surface area contributed by atoms with Crippen molar-refractivity contribution in [2.24, 2.45) is 5.41 Å². The average molecular weight is 387 g/mol. The van der Waals surface area contributed by atoms with Crippen LogP contribution in [0, 0.1) is 5.41 Å². The lowest BCUT2D eigenvalue weighted by atomic mass is 9.85. The molecule has 0 aliphatic rings. The fourth-order valence-electron chi connectivity index (χ4n) is 1.74. The molecule has 1 N–H and O–H groups in total. The van der Waals surface area contributed by atoms with Crippen molar-refractivity contribution in [1.29, 1.82) is 0 Å². The SMILES string of the molecule is CC(C)(C)OC(=O)NC(CCC(C)(C)C(F)(F)F)C(=O)C=S(C)(C)=O. The number of alkyl carbamates (subject to hydrolysis) is 1. The summed E-state index contributed by atoms with van der Waals surface area (Å²) in [5, 5.41) is 3.23. The van der Waals surface area contributed by atoms with Crippen molar-refractivity contribution in [2.75, 3.05) is 12.5 Å². The first-order valence-corrected chi connectivity index (χ1v) is 10.2. The molecule has 1 atom stereocenters. The Hall–Kier alpha value is -1.25. The lowest BCUT2D eigenvalue weighted by molar-refractivity contribution is -0.214. The molecular formula is C16H28F3NO4S. The van der Waals surface area contributed by atoms with Crippen molar-refractivity contribution in [3.63, 3.8) is 0 Å². The molecule has 5 nitrogen and oxygen atoms in total. The van der Waals surface area contributed by atoms with Crippen LogP contribution in [0.2, 0.25) is 0 Å². The van der Waals surface area contributed by atoms with Gasteiger partial charge in [-0.1, -0.05) is 13.8 Å². The van der Waals surface area contributed by atoms with Crippen molar-refractivity contribution < 1.29 is 31.7 Å². The Kier molecular flexibility index (Phi) is 7.57. The highest BCUT2D eigenvalue weighted by molar-refractivity contribution is 8.01. The topological polar surface area (TPSA) is 72.5 Å². The molecule has 0 heterocycles. The third-order valence-electron chi connectivity index (χ3n) is 3.26. The minimum atomic E-state index is -4.45. The Morgan fingerprint density at radius 3 is 1.96 bits per heavy atom. The minimum absolute atomic E-state index is 0.253. The van der Waals surface area contributed by atoms with Crippen LogP contribution in [0.1, 0.15) is 47.5 Å². The van der Waals surface area contributed by atoms with E-state index in [0.29, 0.717) is 0 Å². The number of hydrogen-bond acceptors (Lipinski definition) is 4. The van der Waals surface area contributed by atoms with Gasteiger partial charge in [0.1, 0.15) is 5.60 Å². The van der Waals surface area contributed by atoms with Gasteiger partial charge in [0.15, 0.2) is 5.78 Å². The Balaban J connectivity index is 5.32. The van der Waals surface area contributed by atoms with E-state index in [1.54, 1.807) is 20.8 Å². The van der Waals surface area contributed by atoms with Gasteiger partial charge in [-0.2, -0.15) is 13.2 Å². The van der Waals surface area contributed by atoms with Crippen LogP contribution in [-0.4, -0.2) is 51.8 Å². The van der Waals surface area contributed by atoms with Crippen LogP contribution in [-0.2, 0) is 19.1 Å². The van der Waals surface area contributed by atoms with E-state index >= 15 is 0 Å². The minimum Gasteiger partial charge on any atom is -0.444 e. The Labute approximate surface area is 147 Å². The predicted molar refractivity (Wildman–Crippen MR) is 93.3 cm³/mol. The molecule has 0 saturated heterocycles. The summed E-state index contributed by atoms with van der Waals surface area (Å²) in [6.07, 6.45) is -3.34. The normalized spacial score (nSPS) is 14.6. The summed E-state index contributed by atoms with van der Waals surface area (Å²) >= 11 is 0. The largest absolute Gasteiger partial charge is 0.444 e. The van der Waals surface area contributed by atoms with Gasteiger partial charge in [0.25, 0.3) is 0 Å². The van der Waals surface area contributed by atoms with Crippen molar-refractivity contribution in [3.05, 3.63) is 0 Å². The number of rotatable bonds is 6. The summed E-state index contributed by atoms with van der Waals surface area (Å²) < 4.78 is 55.8. The van der Waals surface area contributed by atoms with Crippen LogP contribution in [0.4, 0.5) is 18.0 Å². The van der Waals surface area contributed by atoms with E-state index in [0.717, 1.165) is 19.2 Å². The molecule has 0 aliphatic heterocycles. The first-order chi connectivity index (χ1) is 10.8. The van der Waals surface area contributed by atoms with Crippen LogP contribution in [0.5, 0.6) is 0 Å². The maximum atomic E-state index is 13.0. The van der Waals surface area contributed by atoms with Gasteiger partial charge in [-0.15, -0.1) is 0 Å². The number of amides is 1. The maximum Gasteiger partial charge on any atom is 0.408 e. The lowest BCUT2D eigenvalue weighted by Crippen LogP contribution is -2.45. The molecule has 0 bridgehead atoms. The summed E-state index contributed by atoms with van der Waals surface area (Å²) in [5.41, 5.74) is -2.85. The number of ketones is 1. The second kappa shape index (κ2) is 7.97. The third-order valence-corrected chi connectivity index (χ3v) is 4.06. The zero-order valence-electron chi connectivity index (χ0n) is 15.7. The average Bonchev–Trinajstić information content (AvgIpc) is 2.28. The van der Waals surface area contributed by atoms with Crippen molar-refractivity contribution >= 4 is 26.8 Å². The van der Waals surface area contributed by atoms with E-state index < -0.39 is 44.6 Å². The van der Waals surface area contributed by atoms with Crippen LogP contribution in [0.15, 0.2) is 0 Å². The molecule has 25 heavy (non-hydrogen) atoms. The molecule has 1 unspecified atom stereocenters. The van der Waals surface area contributed by atoms with Crippen LogP contribution >= 0.6 is 0 Å². The van der Waals surface area contributed by atoms with Crippen LogP contribution in [0.3, 0.4) is 0 Å². The van der Waals surface area contributed by atoms with E-state index in [1.807, 2.05) is 0 Å². The fraction of sp³-hybridized carbons (Fsp3) is 0.812. The third kappa shape index (κ3) is 9.72. The number of Topliss-reactive ketones (excluding diaryl/α,β-unsaturated/α-hetero) is 1. The Morgan fingerprint density at radius 2 is 1.60 bits per heavy atom. The maximum absolute atomic E-state index is 13.0. The monoisotopic (exact) mass is 387 g/mol. The molecule has 1 amide bonds. The molecular weight excluding hydrogens is 359 g/mol. The van der Waals surface area contributed by atoms with E-state index in [4.69, 9.17) is 4.74 Å². The summed E-state index contributed by atoms with van der Waals surface area (Å²) in [7, 11) is -2.56. The van der Waals surface area contributed by atoms with E-state index in [1.165, 1.54) is 12.5 Å². The van der Waals surface area contributed by atoms with Gasteiger partial charge in [0.2, 0.25) is 0 Å². The lowest BCUT2D eigenvalue weighted by Gasteiger charge is -2.29. The molecule has 0 aromatic rings. The van der Waals surface area contributed by atoms with Gasteiger partial charge in [0.05, 0.1) is 11.5 Å². The number of alkyl halides is 3. The van der Waals surface area contributed by atoms with Gasteiger partial charge in [-0.05, 0) is 43.1 Å². The Bertz CT molecular complexity index is 604. The molecule has 0 aromatic carbocycles. The Morgan fingerprint density at radius 1 is 1.12 bits per heavy atom. The molecule has 148 valence electrons. The molecule has 0 spiro atoms. The summed E-state index contributed by atoms with van der Waals surface area (Å²) in [6.45, 7) is 6.90. The number of hydrogen-bond donors (Lipinski definition) is 1. The fourth-order valence-corrected chi connectivity index (χ4v) is 2.47. The number of nitrogens with one attached hydrogen (secondary N) is 1. The molecule has 0 aromatic heterocycles. The molecule has 0 fully saturated rings. The molecule has 0 radical (unpaired) electrons. The number of ether oxygens (including phenoxy) is 1. The van der Waals surface area contributed by atoms with Crippen LogP contribution < -0.4 is 5.32 Å². The second-order valence-electron chi connectivity index (χ2n) is 7.95. The van der Waals surface area contributed by atoms with Gasteiger partial charge in [-0.3, -0.25) is 9.00 Å². The highest BCUT2D eigenvalue weighted by Crippen LogP contribution is 2.41. The molecule has 0 aliphatic carbocycles. The van der Waals surface area contributed by atoms with E-state index in [9.17, 15) is 27.0 Å². The first kappa shape index (κ1) is 23.8. The van der Waals surface area contributed by atoms with Crippen molar-refractivity contribution in [1.82, 2.24) is 5.32 Å². The van der Waals surface area contributed by atoms with Crippen LogP contribution in [0.25, 0.3) is 0 Å². The van der Waals surface area contributed by atoms with Gasteiger partial charge >= 0.3 is 12.3 Å². The second-order valence-corrected chi connectivity index (χ2v) is 10.8. The van der Waals surface area contributed by atoms with Crippen molar-refractivity contribution in [2.45, 2.75) is 65.3 Å². The number of carbonyl (C=O) groups is 2. The molecule has 9 heteroatoms. The summed E-state index contributed by atoms with van der Waals surface area (Å²) in [5.74, 6) is -0.696. The molecule has 0 saturated carbocycles. The standard InChI is InChI=1S/C16H28F3NO4S/c1-14(2,3)24-13(22)20-11(12(21)10-25(6,7)23)8-9-15(4,5)16(17,18)19/h10-11H,8-9H2,1-7H3,(H,20,22). The zero-order valence-corrected chi connectivity index (χ0v) is 16.6. The number of carbonyl (C=O) groups excluding carboxylic acids is 2. The van der Waals surface area contributed by atoms with Gasteiger partial charge in [0, 0.05) is 17.9 Å². The molecule has 0 rings (SSSR count). The first-order valence-electron chi connectivity index (χ1n) is 7.73. The highest BCUT2D eigenvalue weighted by Gasteiger charge is 2.47. The quantitative estimate of drug-likeness (QED) is 0.711. The van der Waals surface area contributed by atoms with Crippen molar-refractivity contribution in [3.8, 4) is 0 Å². The highest BCUT2D eigenvalue weighted by atomic mass is 32.2. The zero-order chi connectivity index (χ0) is 20.3. The predicted octanol–water partition coefficient (Wildman–Crippen LogP) is 3.16. The number of halogens is 3. The van der Waals surface area contributed by atoms with Gasteiger partial charge in [-0.25, -0.2) is 4.79 Å². The van der Waals surface area contributed by atoms with E-state index in [-0.39, 0.29) is 12.8 Å².